The number of rotatable bonds is 6. The van der Waals surface area contributed by atoms with Crippen molar-refractivity contribution < 1.29 is 9.90 Å². The molecule has 0 amide bonds. The van der Waals surface area contributed by atoms with Crippen molar-refractivity contribution in [3.05, 3.63) is 35.4 Å². The maximum Gasteiger partial charge on any atom is 0.317 e. The largest absolute Gasteiger partial charge is 0.480 e. The maximum atomic E-state index is 11.0. The van der Waals surface area contributed by atoms with E-state index in [9.17, 15) is 4.79 Å². The van der Waals surface area contributed by atoms with Crippen LogP contribution in [-0.2, 0) is 10.2 Å². The van der Waals surface area contributed by atoms with Crippen LogP contribution in [0.5, 0.6) is 0 Å². The highest BCUT2D eigenvalue weighted by molar-refractivity contribution is 5.69. The Balaban J connectivity index is 2.88. The number of nitrogens with zero attached hydrogens (tertiary/aromatic N) is 1. The zero-order valence-electron chi connectivity index (χ0n) is 13.3. The van der Waals surface area contributed by atoms with Gasteiger partial charge in [-0.1, -0.05) is 52.0 Å². The van der Waals surface area contributed by atoms with E-state index < -0.39 is 5.97 Å². The molecule has 3 heteroatoms. The second-order valence-electron chi connectivity index (χ2n) is 6.41. The molecule has 0 fully saturated rings. The lowest BCUT2D eigenvalue weighted by Crippen LogP contribution is -2.33. The van der Waals surface area contributed by atoms with Gasteiger partial charge in [-0.3, -0.25) is 9.69 Å². The molecule has 0 aliphatic carbocycles. The molecule has 0 heterocycles. The second-order valence-corrected chi connectivity index (χ2v) is 6.41. The molecule has 0 saturated heterocycles. The molecule has 0 aromatic heterocycles. The fourth-order valence-electron chi connectivity index (χ4n) is 2.34. The van der Waals surface area contributed by atoms with Crippen molar-refractivity contribution in [2.24, 2.45) is 0 Å². The molecule has 0 spiro atoms. The van der Waals surface area contributed by atoms with Crippen LogP contribution in [0.15, 0.2) is 24.3 Å². The quantitative estimate of drug-likeness (QED) is 0.858. The summed E-state index contributed by atoms with van der Waals surface area (Å²) in [5.74, 6) is -0.767. The molecule has 3 nitrogen and oxygen atoms in total. The summed E-state index contributed by atoms with van der Waals surface area (Å²) in [6.45, 7) is 11.6. The Hall–Kier alpha value is -1.35. The number of carbonyl (C=O) groups is 1. The van der Waals surface area contributed by atoms with Crippen LogP contribution >= 0.6 is 0 Å². The first-order chi connectivity index (χ1) is 9.25. The van der Waals surface area contributed by atoms with E-state index in [0.717, 1.165) is 13.0 Å². The number of aliphatic carboxylic acids is 1. The zero-order valence-corrected chi connectivity index (χ0v) is 13.3. The topological polar surface area (TPSA) is 40.5 Å². The van der Waals surface area contributed by atoms with E-state index in [1.54, 1.807) is 0 Å². The Bertz CT molecular complexity index is 431. The number of carboxylic acids is 1. The van der Waals surface area contributed by atoms with E-state index >= 15 is 0 Å². The van der Waals surface area contributed by atoms with Crippen molar-refractivity contribution in [2.75, 3.05) is 13.1 Å². The highest BCUT2D eigenvalue weighted by Crippen LogP contribution is 2.26. The highest BCUT2D eigenvalue weighted by atomic mass is 16.4. The number of hydrogen-bond acceptors (Lipinski definition) is 2. The molecular weight excluding hydrogens is 250 g/mol. The molecule has 112 valence electrons. The molecule has 1 unspecified atom stereocenters. The van der Waals surface area contributed by atoms with Crippen LogP contribution in [0.1, 0.15) is 58.2 Å². The number of hydrogen-bond donors (Lipinski definition) is 1. The molecule has 0 saturated carbocycles. The van der Waals surface area contributed by atoms with Crippen LogP contribution < -0.4 is 0 Å². The third kappa shape index (κ3) is 4.64. The van der Waals surface area contributed by atoms with Gasteiger partial charge < -0.3 is 5.11 Å². The van der Waals surface area contributed by atoms with Crippen LogP contribution in [0.2, 0.25) is 0 Å². The molecule has 0 radical (unpaired) electrons. The minimum Gasteiger partial charge on any atom is -0.480 e. The monoisotopic (exact) mass is 277 g/mol. The van der Waals surface area contributed by atoms with Crippen LogP contribution in [0.25, 0.3) is 0 Å². The summed E-state index contributed by atoms with van der Waals surface area (Å²) < 4.78 is 0. The molecule has 20 heavy (non-hydrogen) atoms. The fraction of sp³-hybridized carbons (Fsp3) is 0.588. The standard InChI is InChI=1S/C17H27NO2/c1-6-11-18(12-16(19)20)13(2)14-7-9-15(10-8-14)17(3,4)5/h7-10,13H,6,11-12H2,1-5H3,(H,19,20). The molecule has 1 aromatic rings. The van der Waals surface area contributed by atoms with Crippen molar-refractivity contribution in [3.8, 4) is 0 Å². The molecule has 0 aliphatic heterocycles. The van der Waals surface area contributed by atoms with Crippen molar-refractivity contribution in [3.63, 3.8) is 0 Å². The molecule has 0 aliphatic rings. The summed E-state index contributed by atoms with van der Waals surface area (Å²) in [5, 5.41) is 9.02. The summed E-state index contributed by atoms with van der Waals surface area (Å²) in [4.78, 5) is 13.0. The van der Waals surface area contributed by atoms with Crippen molar-refractivity contribution in [1.29, 1.82) is 0 Å². The van der Waals surface area contributed by atoms with Gasteiger partial charge in [-0.05, 0) is 36.4 Å². The third-order valence-corrected chi connectivity index (χ3v) is 3.66. The van der Waals surface area contributed by atoms with E-state index in [4.69, 9.17) is 5.11 Å². The fourth-order valence-corrected chi connectivity index (χ4v) is 2.34. The Morgan fingerprint density at radius 2 is 1.80 bits per heavy atom. The van der Waals surface area contributed by atoms with Gasteiger partial charge in [0.1, 0.15) is 0 Å². The predicted molar refractivity (Wildman–Crippen MR) is 83.1 cm³/mol. The molecule has 0 bridgehead atoms. The van der Waals surface area contributed by atoms with E-state index in [-0.39, 0.29) is 18.0 Å². The van der Waals surface area contributed by atoms with Crippen molar-refractivity contribution in [2.45, 2.75) is 52.5 Å². The number of benzene rings is 1. The van der Waals surface area contributed by atoms with E-state index in [2.05, 4.69) is 58.9 Å². The van der Waals surface area contributed by atoms with Gasteiger partial charge >= 0.3 is 5.97 Å². The molecule has 1 aromatic carbocycles. The first-order valence-electron chi connectivity index (χ1n) is 7.32. The van der Waals surface area contributed by atoms with Gasteiger partial charge in [0, 0.05) is 6.04 Å². The molecule has 1 rings (SSSR count). The minimum atomic E-state index is -0.767. The highest BCUT2D eigenvalue weighted by Gasteiger charge is 2.19. The average Bonchev–Trinajstić information content (AvgIpc) is 2.36. The maximum absolute atomic E-state index is 11.0. The van der Waals surface area contributed by atoms with Gasteiger partial charge in [-0.25, -0.2) is 0 Å². The Morgan fingerprint density at radius 1 is 1.25 bits per heavy atom. The Labute approximate surface area is 122 Å². The second kappa shape index (κ2) is 6.89. The lowest BCUT2D eigenvalue weighted by molar-refractivity contribution is -0.138. The summed E-state index contributed by atoms with van der Waals surface area (Å²) in [6.07, 6.45) is 0.956. The van der Waals surface area contributed by atoms with Crippen molar-refractivity contribution >= 4 is 5.97 Å². The van der Waals surface area contributed by atoms with E-state index in [1.165, 1.54) is 11.1 Å². The van der Waals surface area contributed by atoms with E-state index in [0.29, 0.717) is 0 Å². The lowest BCUT2D eigenvalue weighted by Gasteiger charge is -2.28. The molecule has 1 atom stereocenters. The summed E-state index contributed by atoms with van der Waals surface area (Å²) in [7, 11) is 0. The third-order valence-electron chi connectivity index (χ3n) is 3.66. The van der Waals surface area contributed by atoms with Crippen LogP contribution in [0.4, 0.5) is 0 Å². The van der Waals surface area contributed by atoms with Gasteiger partial charge in [-0.15, -0.1) is 0 Å². The van der Waals surface area contributed by atoms with Gasteiger partial charge in [0.05, 0.1) is 6.54 Å². The molecule has 1 N–H and O–H groups in total. The smallest absolute Gasteiger partial charge is 0.317 e. The zero-order chi connectivity index (χ0) is 15.3. The van der Waals surface area contributed by atoms with Gasteiger partial charge in [0.25, 0.3) is 0 Å². The Kier molecular flexibility index (Phi) is 5.75. The normalized spacial score (nSPS) is 13.5. The lowest BCUT2D eigenvalue weighted by atomic mass is 9.86. The Morgan fingerprint density at radius 3 is 2.20 bits per heavy atom. The summed E-state index contributed by atoms with van der Waals surface area (Å²) >= 11 is 0. The van der Waals surface area contributed by atoms with E-state index in [1.807, 2.05) is 4.90 Å². The van der Waals surface area contributed by atoms with Gasteiger partial charge in [0.15, 0.2) is 0 Å². The van der Waals surface area contributed by atoms with Crippen LogP contribution in [0.3, 0.4) is 0 Å². The summed E-state index contributed by atoms with van der Waals surface area (Å²) in [6, 6.07) is 8.67. The average molecular weight is 277 g/mol. The predicted octanol–water partition coefficient (Wildman–Crippen LogP) is 3.84. The first-order valence-corrected chi connectivity index (χ1v) is 7.32. The van der Waals surface area contributed by atoms with Gasteiger partial charge in [-0.2, -0.15) is 0 Å². The van der Waals surface area contributed by atoms with Gasteiger partial charge in [0.2, 0.25) is 0 Å². The van der Waals surface area contributed by atoms with Crippen LogP contribution in [-0.4, -0.2) is 29.1 Å². The van der Waals surface area contributed by atoms with Crippen molar-refractivity contribution in [1.82, 2.24) is 4.90 Å². The van der Waals surface area contributed by atoms with Crippen LogP contribution in [0, 0.1) is 0 Å². The first kappa shape index (κ1) is 16.7. The minimum absolute atomic E-state index is 0.0933. The summed E-state index contributed by atoms with van der Waals surface area (Å²) in [5.41, 5.74) is 2.62. The molecular formula is C17H27NO2. The SMILES string of the molecule is CCCN(CC(=O)O)C(C)c1ccc(C(C)(C)C)cc1. The number of carboxylic acid groups (broad SMARTS) is 1.